The third-order valence-corrected chi connectivity index (χ3v) is 16.7. The average Bonchev–Trinajstić information content (AvgIpc) is 4.55. The van der Waals surface area contributed by atoms with Gasteiger partial charge in [-0.05, 0) is 116 Å². The number of aryl methyl sites for hydroxylation is 4. The third kappa shape index (κ3) is 14.5. The molecular formula is C66H57N5O12S2. The van der Waals surface area contributed by atoms with Crippen LogP contribution in [-0.4, -0.2) is 72.8 Å². The monoisotopic (exact) mass is 1180 g/mol. The molecule has 430 valence electrons. The predicted octanol–water partition coefficient (Wildman–Crippen LogP) is 12.0. The first-order valence-electron chi connectivity index (χ1n) is 27.8. The van der Waals surface area contributed by atoms with E-state index in [0.29, 0.717) is 55.9 Å². The Morgan fingerprint density at radius 3 is 1.73 bits per heavy atom. The number of carbonyl (C=O) groups excluding carboxylic acids is 7. The van der Waals surface area contributed by atoms with Crippen LogP contribution in [-0.2, 0) is 64.1 Å². The Hall–Kier alpha value is -9.33. The summed E-state index contributed by atoms with van der Waals surface area (Å²) in [5.41, 5.74) is 10.2. The van der Waals surface area contributed by atoms with E-state index in [1.165, 1.54) is 11.1 Å². The van der Waals surface area contributed by atoms with Crippen molar-refractivity contribution in [3.8, 4) is 28.7 Å². The Kier molecular flexibility index (Phi) is 17.6. The van der Waals surface area contributed by atoms with Crippen LogP contribution in [0.25, 0.3) is 33.9 Å². The van der Waals surface area contributed by atoms with Gasteiger partial charge in [0.05, 0.1) is 28.3 Å². The second kappa shape index (κ2) is 26.1. The maximum Gasteiger partial charge on any atom is 0.414 e. The summed E-state index contributed by atoms with van der Waals surface area (Å²) in [6, 6.07) is 50.7. The number of benzene rings is 6. The number of nitrogens with one attached hydrogen (secondary N) is 3. The Balaban J connectivity index is 0.000000133. The fourth-order valence-corrected chi connectivity index (χ4v) is 12.0. The number of amides is 6. The molecule has 0 radical (unpaired) electrons. The molecule has 0 spiro atoms. The molecule has 4 unspecified atom stereocenters. The van der Waals surface area contributed by atoms with Crippen molar-refractivity contribution in [2.45, 2.75) is 94.3 Å². The second-order valence-corrected chi connectivity index (χ2v) is 23.2. The highest BCUT2D eigenvalue weighted by Crippen LogP contribution is 2.33. The van der Waals surface area contributed by atoms with E-state index in [4.69, 9.17) is 22.7 Å². The normalized spacial score (nSPS) is 17.9. The number of rotatable bonds is 16. The quantitative estimate of drug-likeness (QED) is 0.0762. The molecule has 0 bridgehead atoms. The SMILES string of the molecule is Cc1oc(-c2ccccc2)nc1CCC(=O)c1ccc(CC2SC(=O)NC2=O)cc1.Cc1oc(-c2ccccc2)nc1Cc1cc2cc(CC3OC(=O)NC3=O)ccc2o1.O=C1NC(=O)C(Cc2ccc3c(c2)CCC(Cc2ccccc2)O3)S1. The van der Waals surface area contributed by atoms with Crippen molar-refractivity contribution in [3.05, 3.63) is 220 Å². The Labute approximate surface area is 497 Å². The predicted molar refractivity (Wildman–Crippen MR) is 320 cm³/mol. The maximum absolute atomic E-state index is 12.6. The molecule has 85 heavy (non-hydrogen) atoms. The number of nitrogens with zero attached hydrogens (tertiary/aromatic N) is 2. The van der Waals surface area contributed by atoms with Crippen molar-refractivity contribution in [1.82, 2.24) is 25.9 Å². The lowest BCUT2D eigenvalue weighted by atomic mass is 9.95. The van der Waals surface area contributed by atoms with Crippen LogP contribution < -0.4 is 20.7 Å². The zero-order chi connectivity index (χ0) is 59.0. The van der Waals surface area contributed by atoms with Gasteiger partial charge in [-0.15, -0.1) is 0 Å². The molecule has 3 fully saturated rings. The zero-order valence-electron chi connectivity index (χ0n) is 46.3. The number of Topliss-reactive ketones (excluding diaryl/α,β-unsaturated/α-hetero) is 1. The van der Waals surface area contributed by atoms with E-state index in [-0.39, 0.29) is 39.4 Å². The number of alkyl carbamates (subject to hydrolysis) is 1. The second-order valence-electron chi connectivity index (χ2n) is 20.8. The van der Waals surface area contributed by atoms with Gasteiger partial charge in [-0.3, -0.25) is 44.7 Å². The highest BCUT2D eigenvalue weighted by molar-refractivity contribution is 8.15. The van der Waals surface area contributed by atoms with Crippen LogP contribution in [0.1, 0.15) is 79.7 Å². The molecule has 4 aliphatic rings. The van der Waals surface area contributed by atoms with E-state index in [0.717, 1.165) is 116 Å². The minimum absolute atomic E-state index is 0.0216. The van der Waals surface area contributed by atoms with Gasteiger partial charge >= 0.3 is 6.09 Å². The molecule has 4 atom stereocenters. The van der Waals surface area contributed by atoms with Gasteiger partial charge in [-0.2, -0.15) is 0 Å². The summed E-state index contributed by atoms with van der Waals surface area (Å²) in [6.07, 6.45) is 4.28. The number of hydrogen-bond acceptors (Lipinski definition) is 16. The van der Waals surface area contributed by atoms with Gasteiger partial charge in [-0.25, -0.2) is 14.8 Å². The minimum Gasteiger partial charge on any atom is -0.490 e. The Morgan fingerprint density at radius 2 is 1.12 bits per heavy atom. The largest absolute Gasteiger partial charge is 0.490 e. The van der Waals surface area contributed by atoms with Gasteiger partial charge in [-0.1, -0.05) is 133 Å². The number of ether oxygens (including phenoxy) is 2. The van der Waals surface area contributed by atoms with Gasteiger partial charge < -0.3 is 22.7 Å². The van der Waals surface area contributed by atoms with Crippen molar-refractivity contribution < 1.29 is 56.3 Å². The lowest BCUT2D eigenvalue weighted by Gasteiger charge is -2.27. The lowest BCUT2D eigenvalue weighted by Crippen LogP contribution is -2.26. The van der Waals surface area contributed by atoms with E-state index in [1.807, 2.05) is 129 Å². The molecular weight excluding hydrogens is 1120 g/mol. The van der Waals surface area contributed by atoms with E-state index >= 15 is 0 Å². The molecule has 7 heterocycles. The van der Waals surface area contributed by atoms with Crippen molar-refractivity contribution in [1.29, 1.82) is 0 Å². The van der Waals surface area contributed by atoms with Crippen LogP contribution in [0, 0.1) is 13.8 Å². The maximum atomic E-state index is 12.6. The lowest BCUT2D eigenvalue weighted by molar-refractivity contribution is -0.123. The molecule has 17 nitrogen and oxygen atoms in total. The van der Waals surface area contributed by atoms with Crippen LogP contribution >= 0.6 is 23.5 Å². The van der Waals surface area contributed by atoms with Gasteiger partial charge in [0.2, 0.25) is 23.6 Å². The van der Waals surface area contributed by atoms with Crippen LogP contribution in [0.15, 0.2) is 171 Å². The number of fused-ring (bicyclic) bond motifs is 2. The summed E-state index contributed by atoms with van der Waals surface area (Å²) in [5.74, 6) is 3.49. The van der Waals surface area contributed by atoms with Crippen LogP contribution in [0.5, 0.6) is 5.75 Å². The number of ketones is 1. The van der Waals surface area contributed by atoms with Crippen molar-refractivity contribution >= 4 is 74.6 Å². The highest BCUT2D eigenvalue weighted by atomic mass is 32.2. The third-order valence-electron chi connectivity index (χ3n) is 14.7. The summed E-state index contributed by atoms with van der Waals surface area (Å²) >= 11 is 2.08. The fraction of sp³-hybridized carbons (Fsp3) is 0.227. The van der Waals surface area contributed by atoms with Gasteiger partial charge in [0.1, 0.15) is 34.7 Å². The first kappa shape index (κ1) is 57.5. The summed E-state index contributed by atoms with van der Waals surface area (Å²) < 4.78 is 28.7. The molecule has 3 N–H and O–H groups in total. The molecule has 13 rings (SSSR count). The average molecular weight is 1180 g/mol. The molecule has 3 saturated heterocycles. The van der Waals surface area contributed by atoms with E-state index in [1.54, 1.807) is 12.1 Å². The number of thioether (sulfide) groups is 2. The number of carbonyl (C=O) groups is 7. The summed E-state index contributed by atoms with van der Waals surface area (Å²) in [4.78, 5) is 90.6. The number of hydrogen-bond donors (Lipinski definition) is 3. The molecule has 0 saturated carbocycles. The number of imide groups is 3. The molecule has 4 aliphatic heterocycles. The first-order chi connectivity index (χ1) is 41.2. The molecule has 6 amide bonds. The number of oxazole rings is 2. The highest BCUT2D eigenvalue weighted by Gasteiger charge is 2.34. The van der Waals surface area contributed by atoms with Crippen molar-refractivity contribution in [2.24, 2.45) is 0 Å². The summed E-state index contributed by atoms with van der Waals surface area (Å²) in [5, 5.41) is 6.39. The minimum atomic E-state index is -0.796. The molecule has 6 aromatic carbocycles. The van der Waals surface area contributed by atoms with Gasteiger partial charge in [0.15, 0.2) is 11.9 Å². The number of furan rings is 1. The Morgan fingerprint density at radius 1 is 0.553 bits per heavy atom. The topological polar surface area (TPSA) is 239 Å². The Bertz CT molecular complexity index is 3960. The van der Waals surface area contributed by atoms with E-state index in [9.17, 15) is 33.6 Å². The molecule has 9 aromatic rings. The molecule has 3 aromatic heterocycles. The molecule has 0 aliphatic carbocycles. The zero-order valence-corrected chi connectivity index (χ0v) is 47.9. The van der Waals surface area contributed by atoms with E-state index in [2.05, 4.69) is 56.3 Å². The number of aromatic nitrogens is 2. The molecule has 19 heteroatoms. The summed E-state index contributed by atoms with van der Waals surface area (Å²) in [7, 11) is 0. The van der Waals surface area contributed by atoms with E-state index < -0.39 is 23.4 Å². The van der Waals surface area contributed by atoms with Gasteiger partial charge in [0, 0.05) is 47.8 Å². The van der Waals surface area contributed by atoms with Crippen LogP contribution in [0.4, 0.5) is 14.4 Å². The van der Waals surface area contributed by atoms with Crippen LogP contribution in [0.2, 0.25) is 0 Å². The van der Waals surface area contributed by atoms with Gasteiger partial charge in [0.25, 0.3) is 16.4 Å². The van der Waals surface area contributed by atoms with Crippen molar-refractivity contribution in [3.63, 3.8) is 0 Å². The standard InChI is InChI=1S/C23H18N2O5.C23H20N2O4S.C20H19NO3S/c1-13-18(24-22(28-13)15-5-3-2-4-6-15)12-17-11-16-9-14(7-8-19(16)29-17)10-20-21(26)25-23(27)30-20;1-14-18(24-22(29-14)17-5-3-2-4-6-17)11-12-19(26)16-9-7-15(8-10-16)13-20-21(27)25-23(28)30-20;22-19-18(25-20(23)21-19)12-14-6-9-17-15(10-14)7-8-16(24-17)11-13-4-2-1-3-5-13/h2-9,11,20H,10,12H2,1H3,(H,25,26,27);2-10,20H,11-13H2,1H3,(H,25,27,28);1-6,9-10,16,18H,7-8,11-12H2,(H,21,22,23). The van der Waals surface area contributed by atoms with Crippen molar-refractivity contribution in [2.75, 3.05) is 0 Å². The smallest absolute Gasteiger partial charge is 0.414 e. The first-order valence-corrected chi connectivity index (χ1v) is 29.5. The number of cyclic esters (lactones) is 1. The van der Waals surface area contributed by atoms with Crippen LogP contribution in [0.3, 0.4) is 0 Å². The fourth-order valence-electron chi connectivity index (χ4n) is 10.3. The summed E-state index contributed by atoms with van der Waals surface area (Å²) in [6.45, 7) is 3.75.